The average molecular weight is 453 g/mol. The molecule has 0 aliphatic heterocycles. The molecule has 0 heterocycles. The van der Waals surface area contributed by atoms with E-state index in [1.165, 1.54) is 9.87 Å². The van der Waals surface area contributed by atoms with Crippen molar-refractivity contribution in [2.75, 3.05) is 30.3 Å². The molecule has 0 fully saturated rings. The molecule has 0 aliphatic carbocycles. The number of sulfonamides is 1. The Labute approximate surface area is 184 Å². The van der Waals surface area contributed by atoms with Crippen LogP contribution in [0.2, 0.25) is 5.02 Å². The molecular weight excluding hydrogens is 424 g/mol. The Morgan fingerprint density at radius 3 is 2.57 bits per heavy atom. The summed E-state index contributed by atoms with van der Waals surface area (Å²) in [7, 11) is -3.49. The van der Waals surface area contributed by atoms with Crippen molar-refractivity contribution in [3.8, 4) is 5.75 Å². The molecule has 8 heteroatoms. The van der Waals surface area contributed by atoms with Crippen LogP contribution >= 0.6 is 11.6 Å². The second-order valence-corrected chi connectivity index (χ2v) is 9.60. The molecule has 6 nitrogen and oxygen atoms in total. The molecule has 0 unspecified atom stereocenters. The number of carbonyl (C=O) groups is 1. The number of ether oxygens (including phenoxy) is 1. The van der Waals surface area contributed by atoms with Crippen molar-refractivity contribution in [1.82, 2.24) is 5.32 Å². The quantitative estimate of drug-likeness (QED) is 0.552. The molecule has 2 aromatic carbocycles. The van der Waals surface area contributed by atoms with E-state index < -0.39 is 10.0 Å². The van der Waals surface area contributed by atoms with Crippen molar-refractivity contribution >= 4 is 33.2 Å². The third-order valence-corrected chi connectivity index (χ3v) is 6.27. The van der Waals surface area contributed by atoms with E-state index in [4.69, 9.17) is 16.3 Å². The van der Waals surface area contributed by atoms with E-state index in [1.807, 2.05) is 32.0 Å². The minimum absolute atomic E-state index is 0.143. The van der Waals surface area contributed by atoms with Crippen LogP contribution in [-0.2, 0) is 14.8 Å². The fourth-order valence-corrected chi connectivity index (χ4v) is 4.30. The van der Waals surface area contributed by atoms with Crippen molar-refractivity contribution in [2.45, 2.75) is 33.6 Å². The van der Waals surface area contributed by atoms with Gasteiger partial charge in [0.1, 0.15) is 12.4 Å². The molecule has 2 aromatic rings. The minimum Gasteiger partial charge on any atom is -0.491 e. The number of benzene rings is 2. The standard InChI is InChI=1S/C22H29ClN2O4S/c1-16-10-11-21(17(2)15-16)29-14-12-24-22(26)9-6-13-25(30(4,27)28)20-8-5-7-19(23)18(20)3/h5,7-8,10-11,15H,6,9,12-14H2,1-4H3,(H,24,26). The molecule has 1 N–H and O–H groups in total. The lowest BCUT2D eigenvalue weighted by Gasteiger charge is -2.24. The fourth-order valence-electron chi connectivity index (χ4n) is 3.12. The van der Waals surface area contributed by atoms with Crippen molar-refractivity contribution in [2.24, 2.45) is 0 Å². The van der Waals surface area contributed by atoms with E-state index in [9.17, 15) is 13.2 Å². The van der Waals surface area contributed by atoms with Crippen LogP contribution in [0.4, 0.5) is 5.69 Å². The summed E-state index contributed by atoms with van der Waals surface area (Å²) in [5.74, 6) is 0.658. The van der Waals surface area contributed by atoms with Gasteiger partial charge in [0.15, 0.2) is 0 Å². The first-order valence-corrected chi connectivity index (χ1v) is 12.0. The number of nitrogens with one attached hydrogen (secondary N) is 1. The van der Waals surface area contributed by atoms with E-state index in [0.717, 1.165) is 17.6 Å². The zero-order chi connectivity index (χ0) is 22.3. The number of rotatable bonds is 10. The van der Waals surface area contributed by atoms with E-state index in [-0.39, 0.29) is 18.9 Å². The van der Waals surface area contributed by atoms with Crippen molar-refractivity contribution in [3.05, 3.63) is 58.1 Å². The van der Waals surface area contributed by atoms with Gasteiger partial charge in [-0.05, 0) is 56.5 Å². The van der Waals surface area contributed by atoms with Gasteiger partial charge in [0.2, 0.25) is 15.9 Å². The van der Waals surface area contributed by atoms with Crippen LogP contribution < -0.4 is 14.4 Å². The molecule has 0 spiro atoms. The molecule has 0 aromatic heterocycles. The molecule has 0 saturated carbocycles. The molecule has 30 heavy (non-hydrogen) atoms. The van der Waals surface area contributed by atoms with Crippen molar-refractivity contribution in [3.63, 3.8) is 0 Å². The Hall–Kier alpha value is -2.25. The number of halogens is 1. The number of hydrogen-bond donors (Lipinski definition) is 1. The van der Waals surface area contributed by atoms with Crippen LogP contribution in [0.1, 0.15) is 29.5 Å². The molecular formula is C22H29ClN2O4S. The summed E-state index contributed by atoms with van der Waals surface area (Å²) in [5, 5.41) is 3.31. The van der Waals surface area contributed by atoms with Crippen LogP contribution in [0.15, 0.2) is 36.4 Å². The first kappa shape index (κ1) is 24.0. The summed E-state index contributed by atoms with van der Waals surface area (Å²) >= 11 is 6.13. The summed E-state index contributed by atoms with van der Waals surface area (Å²) in [6.07, 6.45) is 1.76. The summed E-state index contributed by atoms with van der Waals surface area (Å²) < 4.78 is 31.5. The molecule has 164 valence electrons. The maximum atomic E-state index is 12.2. The molecule has 0 bridgehead atoms. The maximum absolute atomic E-state index is 12.2. The van der Waals surface area contributed by atoms with Crippen LogP contribution in [0.5, 0.6) is 5.75 Å². The van der Waals surface area contributed by atoms with Gasteiger partial charge in [0, 0.05) is 18.0 Å². The van der Waals surface area contributed by atoms with Crippen LogP contribution in [0.3, 0.4) is 0 Å². The lowest BCUT2D eigenvalue weighted by Crippen LogP contribution is -2.33. The predicted octanol–water partition coefficient (Wildman–Crippen LogP) is 4.01. The predicted molar refractivity (Wildman–Crippen MR) is 122 cm³/mol. The summed E-state index contributed by atoms with van der Waals surface area (Å²) in [4.78, 5) is 12.1. The Morgan fingerprint density at radius 1 is 1.17 bits per heavy atom. The first-order valence-electron chi connectivity index (χ1n) is 9.79. The normalized spacial score (nSPS) is 11.2. The van der Waals surface area contributed by atoms with Gasteiger partial charge in [-0.3, -0.25) is 9.10 Å². The number of anilines is 1. The lowest BCUT2D eigenvalue weighted by molar-refractivity contribution is -0.121. The number of aryl methyl sites for hydroxylation is 2. The van der Waals surface area contributed by atoms with E-state index in [0.29, 0.717) is 35.8 Å². The molecule has 0 aliphatic rings. The van der Waals surface area contributed by atoms with Crippen LogP contribution in [0, 0.1) is 20.8 Å². The Balaban J connectivity index is 1.81. The monoisotopic (exact) mass is 452 g/mol. The highest BCUT2D eigenvalue weighted by Crippen LogP contribution is 2.28. The van der Waals surface area contributed by atoms with Gasteiger partial charge >= 0.3 is 0 Å². The second-order valence-electron chi connectivity index (χ2n) is 7.29. The van der Waals surface area contributed by atoms with Crippen molar-refractivity contribution < 1.29 is 17.9 Å². The van der Waals surface area contributed by atoms with Crippen molar-refractivity contribution in [1.29, 1.82) is 0 Å². The molecule has 0 atom stereocenters. The van der Waals surface area contributed by atoms with Gasteiger partial charge in [0.05, 0.1) is 18.5 Å². The highest BCUT2D eigenvalue weighted by molar-refractivity contribution is 7.92. The number of amides is 1. The third kappa shape index (κ3) is 6.92. The van der Waals surface area contributed by atoms with E-state index in [2.05, 4.69) is 5.32 Å². The topological polar surface area (TPSA) is 75.7 Å². The minimum atomic E-state index is -3.49. The zero-order valence-corrected chi connectivity index (χ0v) is 19.4. The van der Waals surface area contributed by atoms with E-state index in [1.54, 1.807) is 25.1 Å². The van der Waals surface area contributed by atoms with Crippen LogP contribution in [0.25, 0.3) is 0 Å². The fraction of sp³-hybridized carbons (Fsp3) is 0.409. The van der Waals surface area contributed by atoms with Gasteiger partial charge in [-0.15, -0.1) is 0 Å². The Morgan fingerprint density at radius 2 is 1.90 bits per heavy atom. The van der Waals surface area contributed by atoms with Gasteiger partial charge in [-0.1, -0.05) is 35.4 Å². The first-order chi connectivity index (χ1) is 14.1. The summed E-state index contributed by atoms with van der Waals surface area (Å²) in [6, 6.07) is 11.1. The third-order valence-electron chi connectivity index (χ3n) is 4.69. The maximum Gasteiger partial charge on any atom is 0.232 e. The molecule has 1 amide bonds. The Kier molecular flexibility index (Phi) is 8.55. The highest BCUT2D eigenvalue weighted by Gasteiger charge is 2.20. The largest absolute Gasteiger partial charge is 0.491 e. The number of nitrogens with zero attached hydrogens (tertiary/aromatic N) is 1. The number of hydrogen-bond acceptors (Lipinski definition) is 4. The second kappa shape index (κ2) is 10.7. The van der Waals surface area contributed by atoms with Gasteiger partial charge in [-0.25, -0.2) is 8.42 Å². The molecule has 0 radical (unpaired) electrons. The van der Waals surface area contributed by atoms with E-state index >= 15 is 0 Å². The number of carbonyl (C=O) groups excluding carboxylic acids is 1. The lowest BCUT2D eigenvalue weighted by atomic mass is 10.1. The SMILES string of the molecule is Cc1ccc(OCCNC(=O)CCCN(c2cccc(Cl)c2C)S(C)(=O)=O)c(C)c1. The summed E-state index contributed by atoms with van der Waals surface area (Å²) in [6.45, 7) is 6.73. The highest BCUT2D eigenvalue weighted by atomic mass is 35.5. The van der Waals surface area contributed by atoms with Gasteiger partial charge < -0.3 is 10.1 Å². The summed E-state index contributed by atoms with van der Waals surface area (Å²) in [5.41, 5.74) is 3.45. The van der Waals surface area contributed by atoms with Gasteiger partial charge in [0.25, 0.3) is 0 Å². The molecule has 0 saturated heterocycles. The zero-order valence-electron chi connectivity index (χ0n) is 17.9. The smallest absolute Gasteiger partial charge is 0.232 e. The van der Waals surface area contributed by atoms with Crippen LogP contribution in [-0.4, -0.2) is 40.3 Å². The Bertz CT molecular complexity index is 993. The average Bonchev–Trinajstić information content (AvgIpc) is 2.65. The van der Waals surface area contributed by atoms with Gasteiger partial charge in [-0.2, -0.15) is 0 Å². The molecule has 2 rings (SSSR count).